The fraction of sp³-hybridized carbons (Fsp3) is 0.556. The Morgan fingerprint density at radius 1 is 1.42 bits per heavy atom. The number of alkyl halides is 2. The summed E-state index contributed by atoms with van der Waals surface area (Å²) in [5.41, 5.74) is -1.73. The molecule has 0 aromatic heterocycles. The summed E-state index contributed by atoms with van der Waals surface area (Å²) in [6.45, 7) is 1.95. The van der Waals surface area contributed by atoms with Crippen LogP contribution >= 0.6 is 0 Å². The molecule has 8 heteroatoms. The van der Waals surface area contributed by atoms with Gasteiger partial charge in [-0.3, -0.25) is 9.59 Å². The number of carboxylic acids is 1. The van der Waals surface area contributed by atoms with Crippen LogP contribution in [0.15, 0.2) is 24.3 Å². The summed E-state index contributed by atoms with van der Waals surface area (Å²) in [6, 6.07) is 5.50. The molecule has 0 saturated carbocycles. The highest BCUT2D eigenvalue weighted by Crippen LogP contribution is 2.45. The van der Waals surface area contributed by atoms with Gasteiger partial charge in [-0.2, -0.15) is 8.78 Å². The SMILES string of the molecule is CCOc1ccccc1C(F)(F)C(=O)N1C[C@H]2COCC[C@@]2(C(=O)O)C1. The Labute approximate surface area is 149 Å². The number of nitrogens with zero attached hydrogens (tertiary/aromatic N) is 1. The Morgan fingerprint density at radius 2 is 2.15 bits per heavy atom. The maximum atomic E-state index is 14.9. The zero-order valence-corrected chi connectivity index (χ0v) is 14.4. The van der Waals surface area contributed by atoms with Crippen LogP contribution in [-0.4, -0.2) is 54.8 Å². The normalized spacial score (nSPS) is 25.7. The van der Waals surface area contributed by atoms with E-state index in [0.29, 0.717) is 0 Å². The van der Waals surface area contributed by atoms with E-state index < -0.39 is 34.7 Å². The Balaban J connectivity index is 1.88. The van der Waals surface area contributed by atoms with Gasteiger partial charge >= 0.3 is 11.9 Å². The fourth-order valence-corrected chi connectivity index (χ4v) is 3.78. The number of hydrogen-bond acceptors (Lipinski definition) is 4. The predicted molar refractivity (Wildman–Crippen MR) is 87.1 cm³/mol. The molecule has 1 amide bonds. The van der Waals surface area contributed by atoms with Crippen LogP contribution in [0.1, 0.15) is 18.9 Å². The average Bonchev–Trinajstić information content (AvgIpc) is 3.02. The van der Waals surface area contributed by atoms with Crippen molar-refractivity contribution in [2.24, 2.45) is 11.3 Å². The number of carbonyl (C=O) groups excluding carboxylic acids is 1. The van der Waals surface area contributed by atoms with Gasteiger partial charge in [0.05, 0.1) is 24.2 Å². The lowest BCUT2D eigenvalue weighted by molar-refractivity contribution is -0.161. The van der Waals surface area contributed by atoms with Gasteiger partial charge in [0.25, 0.3) is 5.91 Å². The van der Waals surface area contributed by atoms with Crippen LogP contribution in [0.3, 0.4) is 0 Å². The Hall–Kier alpha value is -2.22. The molecule has 0 spiro atoms. The van der Waals surface area contributed by atoms with Crippen LogP contribution in [0, 0.1) is 11.3 Å². The first-order chi connectivity index (χ1) is 12.3. The minimum Gasteiger partial charge on any atom is -0.493 e. The number of halogens is 2. The summed E-state index contributed by atoms with van der Waals surface area (Å²) < 4.78 is 40.4. The third kappa shape index (κ3) is 2.92. The molecule has 26 heavy (non-hydrogen) atoms. The first-order valence-corrected chi connectivity index (χ1v) is 8.53. The van der Waals surface area contributed by atoms with Crippen molar-refractivity contribution in [1.82, 2.24) is 4.90 Å². The van der Waals surface area contributed by atoms with Crippen LogP contribution < -0.4 is 4.74 Å². The summed E-state index contributed by atoms with van der Waals surface area (Å²) in [7, 11) is 0. The van der Waals surface area contributed by atoms with Crippen LogP contribution in [0.25, 0.3) is 0 Å². The van der Waals surface area contributed by atoms with Crippen molar-refractivity contribution < 1.29 is 33.0 Å². The number of amides is 1. The van der Waals surface area contributed by atoms with Crippen molar-refractivity contribution in [3.63, 3.8) is 0 Å². The number of para-hydroxylation sites is 1. The van der Waals surface area contributed by atoms with E-state index in [-0.39, 0.29) is 45.1 Å². The number of aliphatic carboxylic acids is 1. The second-order valence-electron chi connectivity index (χ2n) is 6.67. The van der Waals surface area contributed by atoms with Gasteiger partial charge in [-0.05, 0) is 25.5 Å². The number of ether oxygens (including phenoxy) is 2. The standard InChI is InChI=1S/C18H21F2NO5/c1-2-26-14-6-4-3-5-13(14)18(19,20)15(22)21-9-12-10-25-8-7-17(12,11-21)16(23)24/h3-6,12H,2,7-11H2,1H3,(H,23,24)/t12-,17+/m0/s1. The number of carbonyl (C=O) groups is 2. The van der Waals surface area contributed by atoms with Crippen molar-refractivity contribution in [2.45, 2.75) is 19.3 Å². The van der Waals surface area contributed by atoms with E-state index in [1.165, 1.54) is 12.1 Å². The van der Waals surface area contributed by atoms with Crippen molar-refractivity contribution in [2.75, 3.05) is 32.9 Å². The maximum Gasteiger partial charge on any atom is 0.353 e. The molecule has 2 atom stereocenters. The smallest absolute Gasteiger partial charge is 0.353 e. The zero-order valence-electron chi connectivity index (χ0n) is 14.4. The summed E-state index contributed by atoms with van der Waals surface area (Å²) in [6.07, 6.45) is 0.206. The van der Waals surface area contributed by atoms with Gasteiger partial charge in [0.1, 0.15) is 5.75 Å². The minimum absolute atomic E-state index is 0.0544. The van der Waals surface area contributed by atoms with Crippen molar-refractivity contribution >= 4 is 11.9 Å². The summed E-state index contributed by atoms with van der Waals surface area (Å²) in [4.78, 5) is 25.4. The summed E-state index contributed by atoms with van der Waals surface area (Å²) in [5, 5.41) is 9.63. The average molecular weight is 369 g/mol. The van der Waals surface area contributed by atoms with Gasteiger partial charge in [-0.15, -0.1) is 0 Å². The molecule has 3 rings (SSSR count). The first kappa shape index (κ1) is 18.6. The summed E-state index contributed by atoms with van der Waals surface area (Å²) in [5.74, 6) is -6.82. The number of likely N-dealkylation sites (tertiary alicyclic amines) is 1. The molecular weight excluding hydrogens is 348 g/mol. The van der Waals surface area contributed by atoms with Gasteiger partial charge in [0, 0.05) is 25.6 Å². The van der Waals surface area contributed by atoms with Gasteiger partial charge in [0.15, 0.2) is 0 Å². The second-order valence-corrected chi connectivity index (χ2v) is 6.67. The monoisotopic (exact) mass is 369 g/mol. The highest BCUT2D eigenvalue weighted by Gasteiger charge is 2.58. The number of rotatable bonds is 5. The molecule has 142 valence electrons. The predicted octanol–water partition coefficient (Wildman–Crippen LogP) is 2.13. The Morgan fingerprint density at radius 3 is 2.81 bits per heavy atom. The number of carboxylic acid groups (broad SMARTS) is 1. The highest BCUT2D eigenvalue weighted by molar-refractivity contribution is 5.87. The molecule has 0 unspecified atom stereocenters. The molecular formula is C18H21F2NO5. The second kappa shape index (κ2) is 6.83. The van der Waals surface area contributed by atoms with Crippen molar-refractivity contribution in [3.8, 4) is 5.75 Å². The lowest BCUT2D eigenvalue weighted by atomic mass is 9.74. The third-order valence-corrected chi connectivity index (χ3v) is 5.21. The molecule has 0 bridgehead atoms. The molecule has 2 aliphatic heterocycles. The minimum atomic E-state index is -3.81. The number of hydrogen-bond donors (Lipinski definition) is 1. The lowest BCUT2D eigenvalue weighted by Crippen LogP contribution is -2.46. The Kier molecular flexibility index (Phi) is 4.88. The van der Waals surface area contributed by atoms with Crippen LogP contribution in [0.2, 0.25) is 0 Å². The van der Waals surface area contributed by atoms with E-state index in [1.807, 2.05) is 0 Å². The molecule has 2 saturated heterocycles. The van der Waals surface area contributed by atoms with E-state index in [0.717, 1.165) is 11.0 Å². The quantitative estimate of drug-likeness (QED) is 0.861. The fourth-order valence-electron chi connectivity index (χ4n) is 3.78. The van der Waals surface area contributed by atoms with Gasteiger partial charge in [-0.1, -0.05) is 12.1 Å². The van der Waals surface area contributed by atoms with E-state index in [1.54, 1.807) is 13.0 Å². The van der Waals surface area contributed by atoms with E-state index >= 15 is 0 Å². The molecule has 0 radical (unpaired) electrons. The molecule has 2 fully saturated rings. The number of fused-ring (bicyclic) bond motifs is 1. The highest BCUT2D eigenvalue weighted by atomic mass is 19.3. The zero-order chi connectivity index (χ0) is 18.9. The van der Waals surface area contributed by atoms with Crippen molar-refractivity contribution in [1.29, 1.82) is 0 Å². The van der Waals surface area contributed by atoms with Gasteiger partial charge < -0.3 is 19.5 Å². The molecule has 1 aromatic rings. The van der Waals surface area contributed by atoms with Crippen LogP contribution in [0.4, 0.5) is 8.78 Å². The van der Waals surface area contributed by atoms with Crippen molar-refractivity contribution in [3.05, 3.63) is 29.8 Å². The van der Waals surface area contributed by atoms with Crippen LogP contribution in [-0.2, 0) is 20.2 Å². The Bertz CT molecular complexity index is 711. The molecule has 2 heterocycles. The lowest BCUT2D eigenvalue weighted by Gasteiger charge is -2.34. The van der Waals surface area contributed by atoms with Gasteiger partial charge in [-0.25, -0.2) is 0 Å². The molecule has 2 aliphatic rings. The molecule has 6 nitrogen and oxygen atoms in total. The number of benzene rings is 1. The molecule has 0 aliphatic carbocycles. The van der Waals surface area contributed by atoms with E-state index in [4.69, 9.17) is 9.47 Å². The van der Waals surface area contributed by atoms with Crippen LogP contribution in [0.5, 0.6) is 5.75 Å². The largest absolute Gasteiger partial charge is 0.493 e. The third-order valence-electron chi connectivity index (χ3n) is 5.21. The van der Waals surface area contributed by atoms with Gasteiger partial charge in [0.2, 0.25) is 0 Å². The van der Waals surface area contributed by atoms with E-state index in [9.17, 15) is 23.5 Å². The molecule has 1 N–H and O–H groups in total. The topological polar surface area (TPSA) is 76.1 Å². The van der Waals surface area contributed by atoms with E-state index in [2.05, 4.69) is 0 Å². The summed E-state index contributed by atoms with van der Waals surface area (Å²) >= 11 is 0. The molecule has 1 aromatic carbocycles. The first-order valence-electron chi connectivity index (χ1n) is 8.53. The maximum absolute atomic E-state index is 14.9.